The van der Waals surface area contributed by atoms with Crippen molar-refractivity contribution < 1.29 is 18.7 Å². The Morgan fingerprint density at radius 1 is 0.925 bits per heavy atom. The van der Waals surface area contributed by atoms with Gasteiger partial charge in [0.25, 0.3) is 12.3 Å². The summed E-state index contributed by atoms with van der Waals surface area (Å²) in [5, 5.41) is 21.2. The summed E-state index contributed by atoms with van der Waals surface area (Å²) in [6, 6.07) is 14.4. The predicted octanol–water partition coefficient (Wildman–Crippen LogP) is 8.02. The van der Waals surface area contributed by atoms with Crippen molar-refractivity contribution in [3.8, 4) is 11.1 Å². The standard InChI is InChI=1S/C38H39Cl2F2N9O2/c39-32-24(7-4-9-26(32)44-36-34-28(45-37(47-36)35(41)42)17-22(19-43-34)20-49-16-12-23(52)21-49)25-8-5-10-27(33(25)40)46-38(53)29-18-31-30(11-6-15-51(31)48-29)50-13-2-1-3-14-50/h4-5,7-10,17-19,23,30,35,52H,1-3,6,11-16,20-21H2,(H,46,53)(H,44,45,47)/t23-,30?/m1/s1. The minimum absolute atomic E-state index is 0.0740. The molecule has 2 fully saturated rings. The SMILES string of the molecule is O=C(Nc1cccc(-c2cccc(Nc3nc(C(F)F)nc4cc(CN5CC[C@@H](O)C5)cnc34)c2Cl)c1Cl)c1cc2n(n1)CCCC2N1CCCCC1. The maximum Gasteiger partial charge on any atom is 0.297 e. The molecule has 3 aliphatic rings. The van der Waals surface area contributed by atoms with Crippen molar-refractivity contribution in [2.24, 2.45) is 0 Å². The van der Waals surface area contributed by atoms with E-state index in [2.05, 4.69) is 40.5 Å². The van der Waals surface area contributed by atoms with Gasteiger partial charge in [0.15, 0.2) is 17.3 Å². The maximum atomic E-state index is 14.0. The molecule has 276 valence electrons. The molecule has 11 nitrogen and oxygen atoms in total. The number of aliphatic hydroxyl groups excluding tert-OH is 1. The van der Waals surface area contributed by atoms with Crippen LogP contribution < -0.4 is 10.6 Å². The number of β-amino-alcohol motifs (C(OH)–C–C–N with tert-alkyl or cyclic N) is 1. The van der Waals surface area contributed by atoms with Crippen LogP contribution in [0.2, 0.25) is 10.0 Å². The van der Waals surface area contributed by atoms with E-state index >= 15 is 0 Å². The molecule has 1 amide bonds. The van der Waals surface area contributed by atoms with Crippen molar-refractivity contribution in [2.75, 3.05) is 36.8 Å². The Labute approximate surface area is 315 Å². The van der Waals surface area contributed by atoms with E-state index in [1.54, 1.807) is 48.7 Å². The zero-order chi connectivity index (χ0) is 36.6. The molecule has 3 aliphatic heterocycles. The van der Waals surface area contributed by atoms with Gasteiger partial charge in [-0.2, -0.15) is 5.10 Å². The number of pyridine rings is 1. The molecule has 8 rings (SSSR count). The van der Waals surface area contributed by atoms with Gasteiger partial charge in [0.1, 0.15) is 5.52 Å². The number of nitrogens with one attached hydrogen (secondary N) is 2. The number of rotatable bonds is 9. The van der Waals surface area contributed by atoms with Crippen LogP contribution in [-0.2, 0) is 13.1 Å². The molecule has 15 heteroatoms. The van der Waals surface area contributed by atoms with Crippen LogP contribution in [0.25, 0.3) is 22.2 Å². The number of aliphatic hydroxyl groups is 1. The first-order valence-electron chi connectivity index (χ1n) is 18.0. The van der Waals surface area contributed by atoms with Gasteiger partial charge in [-0.3, -0.25) is 24.3 Å². The van der Waals surface area contributed by atoms with E-state index in [-0.39, 0.29) is 39.4 Å². The summed E-state index contributed by atoms with van der Waals surface area (Å²) < 4.78 is 30.0. The fraction of sp³-hybridized carbons (Fsp3) is 0.395. The molecule has 2 atom stereocenters. The molecule has 6 heterocycles. The second-order valence-electron chi connectivity index (χ2n) is 14.0. The van der Waals surface area contributed by atoms with E-state index in [1.165, 1.54) is 19.3 Å². The van der Waals surface area contributed by atoms with Crippen molar-refractivity contribution in [2.45, 2.75) is 70.2 Å². The molecule has 3 aromatic heterocycles. The van der Waals surface area contributed by atoms with Gasteiger partial charge in [-0.1, -0.05) is 53.9 Å². The fourth-order valence-electron chi connectivity index (χ4n) is 7.72. The molecule has 0 radical (unpaired) electrons. The first-order valence-corrected chi connectivity index (χ1v) is 18.8. The topological polar surface area (TPSA) is 124 Å². The maximum absolute atomic E-state index is 14.0. The average Bonchev–Trinajstić information content (AvgIpc) is 3.79. The number of aromatic nitrogens is 5. The monoisotopic (exact) mass is 761 g/mol. The summed E-state index contributed by atoms with van der Waals surface area (Å²) in [5.74, 6) is -0.927. The number of anilines is 3. The number of nitrogens with zero attached hydrogens (tertiary/aromatic N) is 7. The molecule has 2 aromatic carbocycles. The van der Waals surface area contributed by atoms with Gasteiger partial charge in [-0.05, 0) is 75.0 Å². The fourth-order valence-corrected chi connectivity index (χ4v) is 8.27. The highest BCUT2D eigenvalue weighted by Crippen LogP contribution is 2.41. The Hall–Kier alpha value is -4.27. The molecule has 0 spiro atoms. The first-order chi connectivity index (χ1) is 25.7. The molecule has 0 saturated carbocycles. The molecule has 5 aromatic rings. The number of carbonyl (C=O) groups excluding carboxylic acids is 1. The summed E-state index contributed by atoms with van der Waals surface area (Å²) in [6.07, 6.45) is 4.76. The highest BCUT2D eigenvalue weighted by Gasteiger charge is 2.30. The number of fused-ring (bicyclic) bond motifs is 2. The van der Waals surface area contributed by atoms with Gasteiger partial charge in [-0.25, -0.2) is 18.7 Å². The molecular formula is C38H39Cl2F2N9O2. The van der Waals surface area contributed by atoms with Gasteiger partial charge in [0.2, 0.25) is 0 Å². The molecular weight excluding hydrogens is 723 g/mol. The average molecular weight is 763 g/mol. The van der Waals surface area contributed by atoms with Crippen LogP contribution in [-0.4, -0.2) is 77.8 Å². The Morgan fingerprint density at radius 3 is 2.42 bits per heavy atom. The summed E-state index contributed by atoms with van der Waals surface area (Å²) in [4.78, 5) is 30.9. The number of benzene rings is 2. The highest BCUT2D eigenvalue weighted by molar-refractivity contribution is 6.39. The van der Waals surface area contributed by atoms with Crippen LogP contribution in [0.4, 0.5) is 26.0 Å². The number of aryl methyl sites for hydroxylation is 1. The van der Waals surface area contributed by atoms with Crippen LogP contribution in [0, 0.1) is 0 Å². The number of piperidine rings is 1. The van der Waals surface area contributed by atoms with Crippen LogP contribution >= 0.6 is 23.2 Å². The van der Waals surface area contributed by atoms with Gasteiger partial charge in [0, 0.05) is 43.5 Å². The van der Waals surface area contributed by atoms with Gasteiger partial charge >= 0.3 is 0 Å². The number of carbonyl (C=O) groups is 1. The number of likely N-dealkylation sites (tertiary alicyclic amines) is 2. The lowest BCUT2D eigenvalue weighted by Crippen LogP contribution is -2.36. The Morgan fingerprint density at radius 2 is 1.68 bits per heavy atom. The number of hydrogen-bond donors (Lipinski definition) is 3. The molecule has 1 unspecified atom stereocenters. The minimum Gasteiger partial charge on any atom is -0.392 e. The van der Waals surface area contributed by atoms with Gasteiger partial charge in [0.05, 0.1) is 44.8 Å². The number of halogens is 4. The number of alkyl halides is 2. The minimum atomic E-state index is -2.92. The van der Waals surface area contributed by atoms with E-state index in [4.69, 9.17) is 23.2 Å². The predicted molar refractivity (Wildman–Crippen MR) is 201 cm³/mol. The zero-order valence-electron chi connectivity index (χ0n) is 28.9. The van der Waals surface area contributed by atoms with E-state index in [1.807, 2.05) is 10.7 Å². The van der Waals surface area contributed by atoms with Crippen LogP contribution in [0.3, 0.4) is 0 Å². The van der Waals surface area contributed by atoms with Crippen LogP contribution in [0.5, 0.6) is 0 Å². The second kappa shape index (κ2) is 15.2. The van der Waals surface area contributed by atoms with Crippen molar-refractivity contribution in [1.82, 2.24) is 34.5 Å². The third kappa shape index (κ3) is 7.45. The molecule has 53 heavy (non-hydrogen) atoms. The Kier molecular flexibility index (Phi) is 10.3. The van der Waals surface area contributed by atoms with E-state index < -0.39 is 12.2 Å². The highest BCUT2D eigenvalue weighted by atomic mass is 35.5. The normalized spacial score (nSPS) is 19.5. The summed E-state index contributed by atoms with van der Waals surface area (Å²) in [5.41, 5.74) is 4.65. The van der Waals surface area contributed by atoms with Gasteiger partial charge < -0.3 is 15.7 Å². The van der Waals surface area contributed by atoms with E-state index in [9.17, 15) is 18.7 Å². The Balaban J connectivity index is 1.04. The summed E-state index contributed by atoms with van der Waals surface area (Å²) in [7, 11) is 0. The Bertz CT molecular complexity index is 2160. The van der Waals surface area contributed by atoms with E-state index in [0.717, 1.165) is 50.3 Å². The second-order valence-corrected chi connectivity index (χ2v) is 14.7. The molecule has 3 N–H and O–H groups in total. The van der Waals surface area contributed by atoms with Crippen molar-refractivity contribution in [1.29, 1.82) is 0 Å². The molecule has 2 saturated heterocycles. The van der Waals surface area contributed by atoms with Crippen molar-refractivity contribution in [3.05, 3.63) is 87.5 Å². The summed E-state index contributed by atoms with van der Waals surface area (Å²) >= 11 is 13.9. The lowest BCUT2D eigenvalue weighted by Gasteiger charge is -2.36. The number of hydrogen-bond acceptors (Lipinski definition) is 9. The number of amides is 1. The van der Waals surface area contributed by atoms with Crippen molar-refractivity contribution >= 4 is 57.3 Å². The third-order valence-corrected chi connectivity index (χ3v) is 11.1. The molecule has 0 bridgehead atoms. The largest absolute Gasteiger partial charge is 0.392 e. The quantitative estimate of drug-likeness (QED) is 0.137. The van der Waals surface area contributed by atoms with Crippen LogP contribution in [0.15, 0.2) is 54.7 Å². The zero-order valence-corrected chi connectivity index (χ0v) is 30.4. The van der Waals surface area contributed by atoms with Crippen molar-refractivity contribution in [3.63, 3.8) is 0 Å². The lowest BCUT2D eigenvalue weighted by atomic mass is 9.99. The lowest BCUT2D eigenvalue weighted by molar-refractivity contribution is 0.102. The van der Waals surface area contributed by atoms with E-state index in [0.29, 0.717) is 53.2 Å². The van der Waals surface area contributed by atoms with Gasteiger partial charge in [-0.15, -0.1) is 0 Å². The first kappa shape index (κ1) is 35.7. The third-order valence-electron chi connectivity index (χ3n) is 10.3. The molecule has 0 aliphatic carbocycles. The summed E-state index contributed by atoms with van der Waals surface area (Å²) in [6.45, 7) is 4.69. The van der Waals surface area contributed by atoms with Crippen LogP contribution in [0.1, 0.15) is 78.6 Å². The smallest absolute Gasteiger partial charge is 0.297 e.